The molecule has 102 valence electrons. The molecule has 1 heterocycles. The predicted octanol–water partition coefficient (Wildman–Crippen LogP) is 1.32. The van der Waals surface area contributed by atoms with Gasteiger partial charge in [0.15, 0.2) is 0 Å². The van der Waals surface area contributed by atoms with Gasteiger partial charge < -0.3 is 10.6 Å². The van der Waals surface area contributed by atoms with Crippen LogP contribution in [0, 0.1) is 0 Å². The van der Waals surface area contributed by atoms with Gasteiger partial charge in [-0.15, -0.1) is 0 Å². The van der Waals surface area contributed by atoms with Crippen LogP contribution in [0.15, 0.2) is 22.7 Å². The van der Waals surface area contributed by atoms with E-state index in [2.05, 4.69) is 21.2 Å². The quantitative estimate of drug-likeness (QED) is 0.804. The number of nitrogens with zero attached hydrogens (tertiary/aromatic N) is 1. The summed E-state index contributed by atoms with van der Waals surface area (Å²) < 4.78 is 0.880. The van der Waals surface area contributed by atoms with Crippen LogP contribution >= 0.6 is 15.9 Å². The van der Waals surface area contributed by atoms with Crippen molar-refractivity contribution in [2.75, 3.05) is 11.4 Å². The van der Waals surface area contributed by atoms with Gasteiger partial charge in [-0.1, -0.05) is 22.0 Å². The molecular weight excluding hydrogens is 310 g/mol. The number of nitrogens with one attached hydrogen (secondary N) is 1. The summed E-state index contributed by atoms with van der Waals surface area (Å²) in [5.74, 6) is -0.556. The molecule has 0 aromatic heterocycles. The molecule has 0 radical (unpaired) electrons. The highest BCUT2D eigenvalue weighted by Crippen LogP contribution is 2.28. The number of benzene rings is 1. The molecule has 1 aromatic rings. The van der Waals surface area contributed by atoms with E-state index in [0.717, 1.165) is 15.7 Å². The van der Waals surface area contributed by atoms with E-state index in [1.54, 1.807) is 11.8 Å². The van der Waals surface area contributed by atoms with Crippen molar-refractivity contribution in [2.45, 2.75) is 25.9 Å². The maximum atomic E-state index is 11.6. The molecular formula is C13H16BrN3O2. The first-order valence-corrected chi connectivity index (χ1v) is 6.85. The predicted molar refractivity (Wildman–Crippen MR) is 76.7 cm³/mol. The summed E-state index contributed by atoms with van der Waals surface area (Å²) in [4.78, 5) is 24.9. The highest BCUT2D eigenvalue weighted by atomic mass is 79.9. The van der Waals surface area contributed by atoms with E-state index in [-0.39, 0.29) is 30.4 Å². The number of carbonyl (C=O) groups is 2. The highest BCUT2D eigenvalue weighted by Gasteiger charge is 2.30. The third-order valence-electron chi connectivity index (χ3n) is 3.23. The Morgan fingerprint density at radius 3 is 2.74 bits per heavy atom. The molecule has 19 heavy (non-hydrogen) atoms. The summed E-state index contributed by atoms with van der Waals surface area (Å²) in [6, 6.07) is 5.23. The molecule has 2 amide bonds. The maximum Gasteiger partial charge on any atom is 0.249 e. The Balaban J connectivity index is 2.33. The van der Waals surface area contributed by atoms with Crippen LogP contribution in [0.2, 0.25) is 0 Å². The van der Waals surface area contributed by atoms with Gasteiger partial charge in [-0.05, 0) is 31.5 Å². The zero-order valence-corrected chi connectivity index (χ0v) is 12.4. The van der Waals surface area contributed by atoms with Gasteiger partial charge in [-0.25, -0.2) is 0 Å². The first-order chi connectivity index (χ1) is 8.90. The molecule has 1 aromatic carbocycles. The lowest BCUT2D eigenvalue weighted by Gasteiger charge is -2.33. The Morgan fingerprint density at radius 1 is 1.47 bits per heavy atom. The Bertz CT molecular complexity index is 531. The Labute approximate surface area is 120 Å². The van der Waals surface area contributed by atoms with Gasteiger partial charge in [0.05, 0.1) is 6.54 Å². The second kappa shape index (κ2) is 5.30. The normalized spacial score (nSPS) is 21.3. The fraction of sp³-hybridized carbons (Fsp3) is 0.385. The summed E-state index contributed by atoms with van der Waals surface area (Å²) in [6.07, 6.45) is 0. The van der Waals surface area contributed by atoms with Crippen molar-refractivity contribution in [3.05, 3.63) is 28.2 Å². The van der Waals surface area contributed by atoms with Crippen molar-refractivity contribution in [1.82, 2.24) is 5.32 Å². The fourth-order valence-electron chi connectivity index (χ4n) is 2.09. The lowest BCUT2D eigenvalue weighted by Crippen LogP contribution is -2.57. The fourth-order valence-corrected chi connectivity index (χ4v) is 2.82. The van der Waals surface area contributed by atoms with Gasteiger partial charge >= 0.3 is 0 Å². The summed E-state index contributed by atoms with van der Waals surface area (Å²) in [7, 11) is 0. The first kappa shape index (κ1) is 14.0. The minimum atomic E-state index is -0.370. The van der Waals surface area contributed by atoms with Crippen molar-refractivity contribution >= 4 is 33.4 Å². The number of imide groups is 1. The Morgan fingerprint density at radius 2 is 2.16 bits per heavy atom. The number of halogens is 1. The molecule has 3 N–H and O–H groups in total. The van der Waals surface area contributed by atoms with Crippen LogP contribution in [-0.4, -0.2) is 24.4 Å². The van der Waals surface area contributed by atoms with Gasteiger partial charge in [0.2, 0.25) is 11.8 Å². The molecule has 5 nitrogen and oxygen atoms in total. The first-order valence-electron chi connectivity index (χ1n) is 6.05. The van der Waals surface area contributed by atoms with Crippen LogP contribution in [0.1, 0.15) is 25.5 Å². The van der Waals surface area contributed by atoms with Crippen molar-refractivity contribution in [2.24, 2.45) is 5.73 Å². The average Bonchev–Trinajstić information content (AvgIpc) is 2.33. The monoisotopic (exact) mass is 325 g/mol. The molecule has 1 saturated heterocycles. The van der Waals surface area contributed by atoms with Crippen molar-refractivity contribution in [1.29, 1.82) is 0 Å². The average molecular weight is 326 g/mol. The van der Waals surface area contributed by atoms with Crippen LogP contribution in [0.3, 0.4) is 0 Å². The molecule has 1 unspecified atom stereocenters. The molecule has 1 aliphatic rings. The summed E-state index contributed by atoms with van der Waals surface area (Å²) in [6.45, 7) is 3.85. The molecule has 0 bridgehead atoms. The van der Waals surface area contributed by atoms with E-state index >= 15 is 0 Å². The topological polar surface area (TPSA) is 75.4 Å². The van der Waals surface area contributed by atoms with E-state index < -0.39 is 0 Å². The van der Waals surface area contributed by atoms with E-state index in [4.69, 9.17) is 5.73 Å². The standard InChI is InChI=1S/C13H16BrN3O2/c1-7(15)10-4-3-9(5-11(10)14)17-6-12(18)16-13(19)8(17)2/h3-5,7-8H,6,15H2,1-2H3,(H,16,18,19)/t7-,8?/m1/s1. The molecule has 2 rings (SSSR count). The smallest absolute Gasteiger partial charge is 0.249 e. The highest BCUT2D eigenvalue weighted by molar-refractivity contribution is 9.10. The van der Waals surface area contributed by atoms with E-state index in [1.165, 1.54) is 0 Å². The largest absolute Gasteiger partial charge is 0.350 e. The minimum Gasteiger partial charge on any atom is -0.350 e. The molecule has 1 aliphatic heterocycles. The second-order valence-electron chi connectivity index (χ2n) is 4.71. The molecule has 1 fully saturated rings. The van der Waals surface area contributed by atoms with Crippen LogP contribution in [0.5, 0.6) is 0 Å². The van der Waals surface area contributed by atoms with E-state index in [0.29, 0.717) is 0 Å². The minimum absolute atomic E-state index is 0.0767. The summed E-state index contributed by atoms with van der Waals surface area (Å²) in [5, 5.41) is 2.32. The molecule has 0 aliphatic carbocycles. The van der Waals surface area contributed by atoms with Gasteiger partial charge in [-0.3, -0.25) is 14.9 Å². The van der Waals surface area contributed by atoms with E-state index in [9.17, 15) is 9.59 Å². The molecule has 6 heteroatoms. The third-order valence-corrected chi connectivity index (χ3v) is 3.92. The van der Waals surface area contributed by atoms with Crippen LogP contribution in [-0.2, 0) is 9.59 Å². The van der Waals surface area contributed by atoms with Crippen LogP contribution < -0.4 is 16.0 Å². The molecule has 0 spiro atoms. The number of nitrogens with two attached hydrogens (primary N) is 1. The van der Waals surface area contributed by atoms with Gasteiger partial charge in [0, 0.05) is 16.2 Å². The van der Waals surface area contributed by atoms with Gasteiger partial charge in [0.25, 0.3) is 0 Å². The number of anilines is 1. The Hall–Kier alpha value is -1.40. The number of hydrogen-bond acceptors (Lipinski definition) is 4. The van der Waals surface area contributed by atoms with Crippen molar-refractivity contribution in [3.8, 4) is 0 Å². The molecule has 2 atom stereocenters. The zero-order valence-electron chi connectivity index (χ0n) is 10.8. The van der Waals surface area contributed by atoms with Crippen molar-refractivity contribution < 1.29 is 9.59 Å². The number of hydrogen-bond donors (Lipinski definition) is 2. The van der Waals surface area contributed by atoms with Crippen molar-refractivity contribution in [3.63, 3.8) is 0 Å². The lowest BCUT2D eigenvalue weighted by molar-refractivity contribution is -0.132. The number of rotatable bonds is 2. The van der Waals surface area contributed by atoms with Gasteiger partial charge in [0.1, 0.15) is 6.04 Å². The maximum absolute atomic E-state index is 11.6. The van der Waals surface area contributed by atoms with Crippen LogP contribution in [0.4, 0.5) is 5.69 Å². The molecule has 0 saturated carbocycles. The third kappa shape index (κ3) is 2.79. The number of piperazine rings is 1. The van der Waals surface area contributed by atoms with Gasteiger partial charge in [-0.2, -0.15) is 0 Å². The Kier molecular flexibility index (Phi) is 3.91. The summed E-state index contributed by atoms with van der Waals surface area (Å²) >= 11 is 3.47. The lowest BCUT2D eigenvalue weighted by atomic mass is 10.1. The van der Waals surface area contributed by atoms with Crippen LogP contribution in [0.25, 0.3) is 0 Å². The zero-order chi connectivity index (χ0) is 14.2. The second-order valence-corrected chi connectivity index (χ2v) is 5.57. The number of carbonyl (C=O) groups excluding carboxylic acids is 2. The number of amides is 2. The van der Waals surface area contributed by atoms with E-state index in [1.807, 2.05) is 25.1 Å². The SMILES string of the molecule is CC1C(=O)NC(=O)CN1c1ccc([C@@H](C)N)c(Br)c1. The summed E-state index contributed by atoms with van der Waals surface area (Å²) in [5.41, 5.74) is 7.67.